The summed E-state index contributed by atoms with van der Waals surface area (Å²) < 4.78 is 2.20. The van der Waals surface area contributed by atoms with Crippen molar-refractivity contribution in [2.45, 2.75) is 6.42 Å². The van der Waals surface area contributed by atoms with E-state index in [4.69, 9.17) is 0 Å². The third-order valence-electron chi connectivity index (χ3n) is 4.51. The zero-order chi connectivity index (χ0) is 14.5. The van der Waals surface area contributed by atoms with Crippen molar-refractivity contribution in [1.82, 2.24) is 9.55 Å². The number of imidazole rings is 1. The molecule has 1 heterocycles. The van der Waals surface area contributed by atoms with Crippen LogP contribution >= 0.6 is 0 Å². The summed E-state index contributed by atoms with van der Waals surface area (Å²) in [5, 5.41) is 0. The normalized spacial score (nSPS) is 12.4. The summed E-state index contributed by atoms with van der Waals surface area (Å²) in [4.78, 5) is 4.54. The smallest absolute Gasteiger partial charge is 0.100 e. The van der Waals surface area contributed by atoms with E-state index in [1.165, 1.54) is 27.9 Å². The summed E-state index contributed by atoms with van der Waals surface area (Å²) in [6, 6.07) is 23.6. The third kappa shape index (κ3) is 1.52. The van der Waals surface area contributed by atoms with Crippen LogP contribution in [0.15, 0.2) is 73.1 Å². The maximum atomic E-state index is 4.54. The molecule has 0 N–H and O–H groups in total. The summed E-state index contributed by atoms with van der Waals surface area (Å²) in [6.45, 7) is 0. The fourth-order valence-electron chi connectivity index (χ4n) is 3.52. The predicted molar refractivity (Wildman–Crippen MR) is 89.3 cm³/mol. The molecule has 0 unspecified atom stereocenters. The quantitative estimate of drug-likeness (QED) is 0.439. The number of benzene rings is 3. The average Bonchev–Trinajstić information content (AvgIpc) is 3.16. The van der Waals surface area contributed by atoms with Gasteiger partial charge in [-0.25, -0.2) is 4.98 Å². The topological polar surface area (TPSA) is 17.8 Å². The Morgan fingerprint density at radius 2 is 1.59 bits per heavy atom. The van der Waals surface area contributed by atoms with Gasteiger partial charge in [-0.1, -0.05) is 48.5 Å². The van der Waals surface area contributed by atoms with Crippen LogP contribution < -0.4 is 0 Å². The highest BCUT2D eigenvalue weighted by Crippen LogP contribution is 2.40. The van der Waals surface area contributed by atoms with Crippen molar-refractivity contribution in [2.75, 3.05) is 0 Å². The number of para-hydroxylation sites is 2. The van der Waals surface area contributed by atoms with Crippen molar-refractivity contribution in [1.29, 1.82) is 0 Å². The minimum Gasteiger partial charge on any atom is -0.298 e. The van der Waals surface area contributed by atoms with Gasteiger partial charge in [-0.2, -0.15) is 0 Å². The average molecular weight is 282 g/mol. The Morgan fingerprint density at radius 3 is 2.59 bits per heavy atom. The molecule has 4 aromatic rings. The highest BCUT2D eigenvalue weighted by atomic mass is 15.0. The molecule has 0 fully saturated rings. The van der Waals surface area contributed by atoms with E-state index in [9.17, 15) is 0 Å². The van der Waals surface area contributed by atoms with Crippen LogP contribution in [-0.2, 0) is 6.42 Å². The van der Waals surface area contributed by atoms with Crippen LogP contribution in [0.25, 0.3) is 27.8 Å². The molecule has 1 aliphatic rings. The Balaban J connectivity index is 1.84. The highest BCUT2D eigenvalue weighted by molar-refractivity contribution is 5.86. The third-order valence-corrected chi connectivity index (χ3v) is 4.51. The van der Waals surface area contributed by atoms with Crippen molar-refractivity contribution in [3.8, 4) is 16.8 Å². The lowest BCUT2D eigenvalue weighted by atomic mass is 10.0. The van der Waals surface area contributed by atoms with Gasteiger partial charge in [0, 0.05) is 5.56 Å². The van der Waals surface area contributed by atoms with Crippen LogP contribution in [0.3, 0.4) is 0 Å². The molecule has 3 aromatic carbocycles. The molecule has 0 bridgehead atoms. The molecule has 2 nitrogen and oxygen atoms in total. The molecule has 5 rings (SSSR count). The van der Waals surface area contributed by atoms with Gasteiger partial charge in [-0.15, -0.1) is 0 Å². The fraction of sp³-hybridized carbons (Fsp3) is 0.0500. The SMILES string of the molecule is c1ccc2c(c1)Cc1cccc(-n3cnc4ccccc43)c1-2. The number of hydrogen-bond acceptors (Lipinski definition) is 1. The Bertz CT molecular complexity index is 1010. The van der Waals surface area contributed by atoms with Crippen LogP contribution in [0.2, 0.25) is 0 Å². The molecule has 104 valence electrons. The standard InChI is InChI=1S/C20H14N2/c1-2-8-16-14(6-1)12-15-7-5-11-19(20(15)16)22-13-21-17-9-3-4-10-18(17)22/h1-11,13H,12H2. The summed E-state index contributed by atoms with van der Waals surface area (Å²) in [6.07, 6.45) is 2.95. The van der Waals surface area contributed by atoms with Gasteiger partial charge in [-0.05, 0) is 41.3 Å². The summed E-state index contributed by atoms with van der Waals surface area (Å²) in [5.41, 5.74) is 8.92. The van der Waals surface area contributed by atoms with E-state index in [1.54, 1.807) is 0 Å². The van der Waals surface area contributed by atoms with Gasteiger partial charge in [-0.3, -0.25) is 4.57 Å². The monoisotopic (exact) mass is 282 g/mol. The molecule has 1 aromatic heterocycles. The molecule has 0 radical (unpaired) electrons. The second kappa shape index (κ2) is 4.31. The summed E-state index contributed by atoms with van der Waals surface area (Å²) in [5.74, 6) is 0. The summed E-state index contributed by atoms with van der Waals surface area (Å²) in [7, 11) is 0. The molecule has 1 aliphatic carbocycles. The number of nitrogens with zero attached hydrogens (tertiary/aromatic N) is 2. The van der Waals surface area contributed by atoms with Crippen molar-refractivity contribution in [3.63, 3.8) is 0 Å². The Hall–Kier alpha value is -2.87. The van der Waals surface area contributed by atoms with E-state index in [0.29, 0.717) is 0 Å². The Kier molecular flexibility index (Phi) is 2.30. The van der Waals surface area contributed by atoms with Gasteiger partial charge in [0.1, 0.15) is 6.33 Å². The van der Waals surface area contributed by atoms with E-state index in [-0.39, 0.29) is 0 Å². The lowest BCUT2D eigenvalue weighted by Crippen LogP contribution is -1.95. The minimum atomic E-state index is 1.02. The zero-order valence-corrected chi connectivity index (χ0v) is 12.0. The zero-order valence-electron chi connectivity index (χ0n) is 12.0. The van der Waals surface area contributed by atoms with Crippen molar-refractivity contribution >= 4 is 11.0 Å². The van der Waals surface area contributed by atoms with Crippen LogP contribution in [0, 0.1) is 0 Å². The molecule has 2 heteroatoms. The lowest BCUT2D eigenvalue weighted by Gasteiger charge is -2.11. The number of fused-ring (bicyclic) bond motifs is 4. The van der Waals surface area contributed by atoms with Gasteiger partial charge < -0.3 is 0 Å². The van der Waals surface area contributed by atoms with Crippen LogP contribution in [-0.4, -0.2) is 9.55 Å². The summed E-state index contributed by atoms with van der Waals surface area (Å²) >= 11 is 0. The van der Waals surface area contributed by atoms with E-state index < -0.39 is 0 Å². The number of hydrogen-bond donors (Lipinski definition) is 0. The van der Waals surface area contributed by atoms with Gasteiger partial charge >= 0.3 is 0 Å². The van der Waals surface area contributed by atoms with Crippen LogP contribution in [0.5, 0.6) is 0 Å². The van der Waals surface area contributed by atoms with E-state index in [1.807, 2.05) is 12.4 Å². The highest BCUT2D eigenvalue weighted by Gasteiger charge is 2.22. The molecule has 0 aliphatic heterocycles. The molecule has 22 heavy (non-hydrogen) atoms. The predicted octanol–water partition coefficient (Wildman–Crippen LogP) is 4.60. The van der Waals surface area contributed by atoms with E-state index in [0.717, 1.165) is 17.5 Å². The van der Waals surface area contributed by atoms with E-state index in [2.05, 4.69) is 70.2 Å². The second-order valence-corrected chi connectivity index (χ2v) is 5.75. The molecular formula is C20H14N2. The molecular weight excluding hydrogens is 268 g/mol. The largest absolute Gasteiger partial charge is 0.298 e. The molecule has 0 atom stereocenters. The van der Waals surface area contributed by atoms with Gasteiger partial charge in [0.15, 0.2) is 0 Å². The first kappa shape index (κ1) is 11.8. The van der Waals surface area contributed by atoms with Crippen LogP contribution in [0.4, 0.5) is 0 Å². The van der Waals surface area contributed by atoms with Gasteiger partial charge in [0.05, 0.1) is 16.7 Å². The molecule has 0 saturated carbocycles. The minimum absolute atomic E-state index is 1.02. The van der Waals surface area contributed by atoms with Crippen LogP contribution in [0.1, 0.15) is 11.1 Å². The molecule has 0 spiro atoms. The van der Waals surface area contributed by atoms with Gasteiger partial charge in [0.25, 0.3) is 0 Å². The first-order valence-corrected chi connectivity index (χ1v) is 7.54. The van der Waals surface area contributed by atoms with Crippen molar-refractivity contribution in [2.24, 2.45) is 0 Å². The van der Waals surface area contributed by atoms with Crippen molar-refractivity contribution < 1.29 is 0 Å². The van der Waals surface area contributed by atoms with Crippen molar-refractivity contribution in [3.05, 3.63) is 84.2 Å². The Labute approximate surface area is 128 Å². The molecule has 0 saturated heterocycles. The Morgan fingerprint density at radius 1 is 0.773 bits per heavy atom. The lowest BCUT2D eigenvalue weighted by molar-refractivity contribution is 1.09. The first-order valence-electron chi connectivity index (χ1n) is 7.54. The van der Waals surface area contributed by atoms with E-state index >= 15 is 0 Å². The number of rotatable bonds is 1. The number of aromatic nitrogens is 2. The van der Waals surface area contributed by atoms with Gasteiger partial charge in [0.2, 0.25) is 0 Å². The molecule has 0 amide bonds. The maximum Gasteiger partial charge on any atom is 0.100 e. The maximum absolute atomic E-state index is 4.54. The first-order chi connectivity index (χ1) is 10.9. The fourth-order valence-corrected chi connectivity index (χ4v) is 3.52. The second-order valence-electron chi connectivity index (χ2n) is 5.75.